The Balaban J connectivity index is 2.20. The molecule has 0 aliphatic heterocycles. The Morgan fingerprint density at radius 3 is 2.14 bits per heavy atom. The van der Waals surface area contributed by atoms with Gasteiger partial charge in [-0.25, -0.2) is 26.7 Å². The molecule has 0 fully saturated rings. The molecular formula is C12H13ClN2O4S3. The minimum Gasteiger partial charge on any atom is -0.225 e. The number of hydrogen-bond donors (Lipinski definition) is 2. The maximum Gasteiger partial charge on any atom is 0.250 e. The molecule has 1 aromatic heterocycles. The van der Waals surface area contributed by atoms with Crippen molar-refractivity contribution in [2.45, 2.75) is 22.1 Å². The fourth-order valence-electron chi connectivity index (χ4n) is 1.75. The molecule has 0 radical (unpaired) electrons. The predicted molar refractivity (Wildman–Crippen MR) is 85.9 cm³/mol. The van der Waals surface area contributed by atoms with E-state index in [2.05, 4.69) is 4.72 Å². The largest absolute Gasteiger partial charge is 0.250 e. The lowest BCUT2D eigenvalue weighted by atomic mass is 10.1. The third-order valence-corrected chi connectivity index (χ3v) is 7.05. The molecular weight excluding hydrogens is 368 g/mol. The lowest BCUT2D eigenvalue weighted by Crippen LogP contribution is -2.26. The average Bonchev–Trinajstić information content (AvgIpc) is 2.85. The fourth-order valence-corrected chi connectivity index (χ4v) is 4.99. The van der Waals surface area contributed by atoms with Crippen molar-refractivity contribution in [1.82, 2.24) is 4.72 Å². The molecule has 0 saturated heterocycles. The van der Waals surface area contributed by atoms with Crippen molar-refractivity contribution in [3.05, 3.63) is 46.3 Å². The predicted octanol–water partition coefficient (Wildman–Crippen LogP) is 2.09. The van der Waals surface area contributed by atoms with Gasteiger partial charge in [-0.3, -0.25) is 0 Å². The maximum absolute atomic E-state index is 12.2. The van der Waals surface area contributed by atoms with E-state index < -0.39 is 26.1 Å². The molecule has 6 nitrogen and oxygen atoms in total. The zero-order chi connectivity index (χ0) is 16.5. The van der Waals surface area contributed by atoms with Crippen molar-refractivity contribution in [2.24, 2.45) is 5.14 Å². The molecule has 0 aliphatic rings. The summed E-state index contributed by atoms with van der Waals surface area (Å²) in [5.41, 5.74) is 0.610. The van der Waals surface area contributed by atoms with E-state index in [1.165, 1.54) is 36.4 Å². The molecule has 1 heterocycles. The zero-order valence-electron chi connectivity index (χ0n) is 11.4. The smallest absolute Gasteiger partial charge is 0.225 e. The minimum absolute atomic E-state index is 0.0312. The average molecular weight is 381 g/mol. The molecule has 0 aliphatic carbocycles. The van der Waals surface area contributed by atoms with Crippen LogP contribution in [0.25, 0.3) is 0 Å². The lowest BCUT2D eigenvalue weighted by molar-refractivity contribution is 0.568. The second-order valence-corrected chi connectivity index (χ2v) is 9.73. The van der Waals surface area contributed by atoms with E-state index in [9.17, 15) is 16.8 Å². The van der Waals surface area contributed by atoms with Crippen LogP contribution in [0.2, 0.25) is 4.34 Å². The van der Waals surface area contributed by atoms with E-state index in [0.29, 0.717) is 9.90 Å². The first-order valence-electron chi connectivity index (χ1n) is 6.00. The molecule has 0 bridgehead atoms. The summed E-state index contributed by atoms with van der Waals surface area (Å²) < 4.78 is 49.7. The van der Waals surface area contributed by atoms with Crippen LogP contribution in [0.15, 0.2) is 45.5 Å². The van der Waals surface area contributed by atoms with Crippen LogP contribution in [0.5, 0.6) is 0 Å². The first-order chi connectivity index (χ1) is 10.1. The molecule has 0 unspecified atom stereocenters. The molecule has 2 rings (SSSR count). The standard InChI is InChI=1S/C12H13ClN2O4S3/c1-8(9-2-4-10(5-3-9)21(14,16)17)15-22(18,19)12-7-6-11(13)20-12/h2-8,15H,1H3,(H2,14,16,17)/t8-/m0/s1. The second kappa shape index (κ2) is 6.26. The normalized spacial score (nSPS) is 14.0. The van der Waals surface area contributed by atoms with Crippen LogP contribution in [0.4, 0.5) is 0 Å². The molecule has 0 spiro atoms. The molecule has 1 atom stereocenters. The topological polar surface area (TPSA) is 106 Å². The van der Waals surface area contributed by atoms with Gasteiger partial charge < -0.3 is 0 Å². The Bertz CT molecular complexity index is 873. The highest BCUT2D eigenvalue weighted by molar-refractivity contribution is 7.91. The number of benzene rings is 1. The van der Waals surface area contributed by atoms with Gasteiger partial charge in [0.05, 0.1) is 9.23 Å². The van der Waals surface area contributed by atoms with Gasteiger partial charge in [0, 0.05) is 6.04 Å². The summed E-state index contributed by atoms with van der Waals surface area (Å²) in [6.45, 7) is 1.65. The molecule has 0 amide bonds. The number of primary sulfonamides is 1. The van der Waals surface area contributed by atoms with Crippen LogP contribution in [-0.2, 0) is 20.0 Å². The van der Waals surface area contributed by atoms with Gasteiger partial charge in [0.25, 0.3) is 10.0 Å². The van der Waals surface area contributed by atoms with Gasteiger partial charge in [0.1, 0.15) is 4.21 Å². The lowest BCUT2D eigenvalue weighted by Gasteiger charge is -2.14. The van der Waals surface area contributed by atoms with E-state index in [1.807, 2.05) is 0 Å². The van der Waals surface area contributed by atoms with E-state index in [-0.39, 0.29) is 9.10 Å². The van der Waals surface area contributed by atoms with Gasteiger partial charge in [0.15, 0.2) is 0 Å². The van der Waals surface area contributed by atoms with Gasteiger partial charge in [0.2, 0.25) is 10.0 Å². The van der Waals surface area contributed by atoms with Crippen molar-refractivity contribution >= 4 is 43.0 Å². The van der Waals surface area contributed by atoms with Crippen molar-refractivity contribution < 1.29 is 16.8 Å². The van der Waals surface area contributed by atoms with E-state index in [0.717, 1.165) is 11.3 Å². The van der Waals surface area contributed by atoms with Crippen LogP contribution in [-0.4, -0.2) is 16.8 Å². The Morgan fingerprint density at radius 2 is 1.68 bits per heavy atom. The quantitative estimate of drug-likeness (QED) is 0.828. The van der Waals surface area contributed by atoms with Crippen LogP contribution < -0.4 is 9.86 Å². The summed E-state index contributed by atoms with van der Waals surface area (Å²) in [7, 11) is -7.46. The molecule has 10 heteroatoms. The summed E-state index contributed by atoms with van der Waals surface area (Å²) in [4.78, 5) is -0.0312. The van der Waals surface area contributed by atoms with Crippen molar-refractivity contribution in [1.29, 1.82) is 0 Å². The summed E-state index contributed by atoms with van der Waals surface area (Å²) in [6, 6.07) is 8.07. The SMILES string of the molecule is C[C@H](NS(=O)(=O)c1ccc(Cl)s1)c1ccc(S(N)(=O)=O)cc1. The third-order valence-electron chi connectivity index (χ3n) is 2.85. The summed E-state index contributed by atoms with van der Waals surface area (Å²) >= 11 is 6.69. The van der Waals surface area contributed by atoms with Crippen LogP contribution in [0.3, 0.4) is 0 Å². The Morgan fingerprint density at radius 1 is 1.09 bits per heavy atom. The molecule has 2 aromatic rings. The monoisotopic (exact) mass is 380 g/mol. The highest BCUT2D eigenvalue weighted by Gasteiger charge is 2.20. The van der Waals surface area contributed by atoms with E-state index in [4.69, 9.17) is 16.7 Å². The van der Waals surface area contributed by atoms with Gasteiger partial charge >= 0.3 is 0 Å². The van der Waals surface area contributed by atoms with Crippen molar-refractivity contribution in [3.63, 3.8) is 0 Å². The first kappa shape index (κ1) is 17.4. The van der Waals surface area contributed by atoms with Gasteiger partial charge in [-0.05, 0) is 36.8 Å². The van der Waals surface area contributed by atoms with Gasteiger partial charge in [-0.15, -0.1) is 11.3 Å². The van der Waals surface area contributed by atoms with Crippen LogP contribution in [0.1, 0.15) is 18.5 Å². The zero-order valence-corrected chi connectivity index (χ0v) is 14.6. The molecule has 1 aromatic carbocycles. The summed E-state index contributed by atoms with van der Waals surface area (Å²) in [5, 5.41) is 5.01. The number of halogens is 1. The fraction of sp³-hybridized carbons (Fsp3) is 0.167. The van der Waals surface area contributed by atoms with Crippen molar-refractivity contribution in [3.8, 4) is 0 Å². The molecule has 120 valence electrons. The van der Waals surface area contributed by atoms with Crippen LogP contribution in [0, 0.1) is 0 Å². The number of sulfonamides is 2. The highest BCUT2D eigenvalue weighted by atomic mass is 35.5. The van der Waals surface area contributed by atoms with Crippen LogP contribution >= 0.6 is 22.9 Å². The van der Waals surface area contributed by atoms with E-state index in [1.54, 1.807) is 6.92 Å². The number of nitrogens with one attached hydrogen (secondary N) is 1. The van der Waals surface area contributed by atoms with Gasteiger partial charge in [-0.1, -0.05) is 23.7 Å². The highest BCUT2D eigenvalue weighted by Crippen LogP contribution is 2.27. The Kier molecular flexibility index (Phi) is 4.95. The first-order valence-corrected chi connectivity index (χ1v) is 10.2. The maximum atomic E-state index is 12.2. The second-order valence-electron chi connectivity index (χ2n) is 4.52. The van der Waals surface area contributed by atoms with Gasteiger partial charge in [-0.2, -0.15) is 0 Å². The molecule has 3 N–H and O–H groups in total. The Labute approximate surface area is 138 Å². The molecule has 0 saturated carbocycles. The number of rotatable bonds is 5. The number of hydrogen-bond acceptors (Lipinski definition) is 5. The minimum atomic E-state index is -3.77. The molecule has 22 heavy (non-hydrogen) atoms. The Hall–Kier alpha value is -0.970. The number of nitrogens with two attached hydrogens (primary N) is 1. The summed E-state index contributed by atoms with van der Waals surface area (Å²) in [5.74, 6) is 0. The third kappa shape index (κ3) is 4.06. The van der Waals surface area contributed by atoms with E-state index >= 15 is 0 Å². The number of thiophene rings is 1. The van der Waals surface area contributed by atoms with Crippen molar-refractivity contribution in [2.75, 3.05) is 0 Å². The summed E-state index contributed by atoms with van der Waals surface area (Å²) in [6.07, 6.45) is 0.